The van der Waals surface area contributed by atoms with Gasteiger partial charge < -0.3 is 10.7 Å². The van der Waals surface area contributed by atoms with Crippen LogP contribution in [0, 0.1) is 6.92 Å². The third-order valence-electron chi connectivity index (χ3n) is 3.27. The van der Waals surface area contributed by atoms with E-state index >= 15 is 0 Å². The molecule has 0 atom stereocenters. The highest BCUT2D eigenvalue weighted by Gasteiger charge is 2.07. The minimum absolute atomic E-state index is 0.367. The second-order valence-electron chi connectivity index (χ2n) is 4.84. The van der Waals surface area contributed by atoms with E-state index in [-0.39, 0.29) is 0 Å². The molecule has 1 heterocycles. The Morgan fingerprint density at radius 1 is 1.35 bits per heavy atom. The summed E-state index contributed by atoms with van der Waals surface area (Å²) < 4.78 is 1.25. The molecule has 0 aliphatic rings. The number of aryl methyl sites for hydroxylation is 1. The fourth-order valence-corrected chi connectivity index (χ4v) is 2.47. The molecule has 0 fully saturated rings. The van der Waals surface area contributed by atoms with Crippen LogP contribution >= 0.6 is 23.2 Å². The quantitative estimate of drug-likeness (QED) is 0.327. The third-order valence-corrected chi connectivity index (χ3v) is 3.61. The molecule has 0 unspecified atom stereocenters. The molecule has 2 rings (SSSR count). The Morgan fingerprint density at radius 2 is 2.09 bits per heavy atom. The number of alkyl halides is 2. The van der Waals surface area contributed by atoms with Gasteiger partial charge in [0.2, 0.25) is 0 Å². The summed E-state index contributed by atoms with van der Waals surface area (Å²) in [6.07, 6.45) is 3.10. The molecule has 1 aromatic carbocycles. The predicted octanol–water partition coefficient (Wildman–Crippen LogP) is 2.03. The number of nitrogens with zero attached hydrogens (tertiary/aromatic N) is 5. The fraction of sp³-hybridized carbons (Fsp3) is 0.357. The molecule has 0 saturated carbocycles. The number of anilines is 2. The van der Waals surface area contributed by atoms with E-state index in [2.05, 4.69) is 31.7 Å². The van der Waals surface area contributed by atoms with Crippen molar-refractivity contribution in [1.82, 2.24) is 14.9 Å². The van der Waals surface area contributed by atoms with Crippen LogP contribution in [0.2, 0.25) is 0 Å². The van der Waals surface area contributed by atoms with Crippen LogP contribution < -0.4 is 16.2 Å². The van der Waals surface area contributed by atoms with Crippen molar-refractivity contribution in [1.29, 1.82) is 0 Å². The summed E-state index contributed by atoms with van der Waals surface area (Å²) in [5.74, 6) is 7.07. The Balaban J connectivity index is 2.07. The van der Waals surface area contributed by atoms with Gasteiger partial charge in [-0.2, -0.15) is 5.10 Å². The van der Waals surface area contributed by atoms with Gasteiger partial charge in [-0.1, -0.05) is 6.07 Å². The van der Waals surface area contributed by atoms with Crippen molar-refractivity contribution in [3.8, 4) is 0 Å². The SMILES string of the molecule is Cc1cc(N(CCCl)CCCl)ccc1/C=N\Nc1nncn1N. The lowest BCUT2D eigenvalue weighted by molar-refractivity contribution is 0.873. The molecule has 7 nitrogen and oxygen atoms in total. The van der Waals surface area contributed by atoms with E-state index in [1.807, 2.05) is 19.1 Å². The molecule has 3 N–H and O–H groups in total. The maximum atomic E-state index is 5.85. The van der Waals surface area contributed by atoms with Crippen LogP contribution in [0.3, 0.4) is 0 Å². The predicted molar refractivity (Wildman–Crippen MR) is 96.2 cm³/mol. The number of nitrogens with two attached hydrogens (primary N) is 1. The molecule has 0 radical (unpaired) electrons. The van der Waals surface area contributed by atoms with Crippen LogP contribution in [-0.2, 0) is 0 Å². The lowest BCUT2D eigenvalue weighted by atomic mass is 10.1. The average Bonchev–Trinajstić information content (AvgIpc) is 2.94. The van der Waals surface area contributed by atoms with Gasteiger partial charge in [0.05, 0.1) is 6.21 Å². The van der Waals surface area contributed by atoms with Gasteiger partial charge in [0, 0.05) is 30.5 Å². The number of halogens is 2. The summed E-state index contributed by atoms with van der Waals surface area (Å²) in [7, 11) is 0. The highest BCUT2D eigenvalue weighted by atomic mass is 35.5. The van der Waals surface area contributed by atoms with Crippen molar-refractivity contribution in [2.75, 3.05) is 41.0 Å². The van der Waals surface area contributed by atoms with Crippen LogP contribution in [0.4, 0.5) is 11.6 Å². The minimum Gasteiger partial charge on any atom is -0.369 e. The number of benzene rings is 1. The zero-order valence-electron chi connectivity index (χ0n) is 12.8. The zero-order valence-corrected chi connectivity index (χ0v) is 14.3. The first-order chi connectivity index (χ1) is 11.2. The number of rotatable bonds is 8. The summed E-state index contributed by atoms with van der Waals surface area (Å²) >= 11 is 11.7. The van der Waals surface area contributed by atoms with Gasteiger partial charge in [-0.25, -0.2) is 10.1 Å². The Bertz CT molecular complexity index is 650. The molecular formula is C14H19Cl2N7. The molecule has 9 heteroatoms. The van der Waals surface area contributed by atoms with E-state index in [0.717, 1.165) is 29.9 Å². The van der Waals surface area contributed by atoms with Gasteiger partial charge in [0.1, 0.15) is 6.33 Å². The first-order valence-electron chi connectivity index (χ1n) is 7.07. The van der Waals surface area contributed by atoms with Crippen LogP contribution in [-0.4, -0.2) is 45.9 Å². The Hall–Kier alpha value is -1.99. The molecule has 0 saturated heterocycles. The molecule has 0 aliphatic carbocycles. The zero-order chi connectivity index (χ0) is 16.7. The van der Waals surface area contributed by atoms with Crippen molar-refractivity contribution >= 4 is 41.1 Å². The number of aromatic nitrogens is 3. The molecular weight excluding hydrogens is 337 g/mol. The highest BCUT2D eigenvalue weighted by molar-refractivity contribution is 6.18. The van der Waals surface area contributed by atoms with Gasteiger partial charge in [0.15, 0.2) is 0 Å². The maximum absolute atomic E-state index is 5.85. The second kappa shape index (κ2) is 8.59. The number of hydrogen-bond donors (Lipinski definition) is 2. The fourth-order valence-electron chi connectivity index (χ4n) is 2.06. The number of hydrogen-bond acceptors (Lipinski definition) is 6. The topological polar surface area (TPSA) is 84.4 Å². The van der Waals surface area contributed by atoms with Gasteiger partial charge in [-0.15, -0.1) is 33.4 Å². The Labute approximate surface area is 145 Å². The number of nitrogens with one attached hydrogen (secondary N) is 1. The Morgan fingerprint density at radius 3 is 2.65 bits per heavy atom. The second-order valence-corrected chi connectivity index (χ2v) is 5.59. The maximum Gasteiger partial charge on any atom is 0.263 e. The van der Waals surface area contributed by atoms with Gasteiger partial charge >= 0.3 is 0 Å². The lowest BCUT2D eigenvalue weighted by Gasteiger charge is -2.23. The average molecular weight is 356 g/mol. The third kappa shape index (κ3) is 4.74. The van der Waals surface area contributed by atoms with E-state index in [4.69, 9.17) is 29.0 Å². The van der Waals surface area contributed by atoms with E-state index in [0.29, 0.717) is 17.7 Å². The molecule has 124 valence electrons. The minimum atomic E-state index is 0.367. The van der Waals surface area contributed by atoms with Crippen LogP contribution in [0.5, 0.6) is 0 Å². The summed E-state index contributed by atoms with van der Waals surface area (Å²) in [6, 6.07) is 6.11. The van der Waals surface area contributed by atoms with Crippen LogP contribution in [0.15, 0.2) is 29.6 Å². The van der Waals surface area contributed by atoms with E-state index in [1.54, 1.807) is 6.21 Å². The highest BCUT2D eigenvalue weighted by Crippen LogP contribution is 2.18. The summed E-state index contributed by atoms with van der Waals surface area (Å²) in [5.41, 5.74) is 5.91. The number of hydrazone groups is 1. The van der Waals surface area contributed by atoms with E-state index < -0.39 is 0 Å². The normalized spacial score (nSPS) is 11.1. The van der Waals surface area contributed by atoms with E-state index in [9.17, 15) is 0 Å². The summed E-state index contributed by atoms with van der Waals surface area (Å²) in [6.45, 7) is 3.54. The first-order valence-corrected chi connectivity index (χ1v) is 8.14. The van der Waals surface area contributed by atoms with Crippen molar-refractivity contribution in [3.05, 3.63) is 35.7 Å². The molecule has 1 aromatic heterocycles. The molecule has 0 amide bonds. The largest absolute Gasteiger partial charge is 0.369 e. The van der Waals surface area contributed by atoms with Crippen molar-refractivity contribution in [2.24, 2.45) is 5.10 Å². The molecule has 0 bridgehead atoms. The lowest BCUT2D eigenvalue weighted by Crippen LogP contribution is -2.27. The van der Waals surface area contributed by atoms with E-state index in [1.165, 1.54) is 11.0 Å². The Kier molecular flexibility index (Phi) is 6.49. The molecule has 2 aromatic rings. The molecule has 0 aliphatic heterocycles. The summed E-state index contributed by atoms with van der Waals surface area (Å²) in [4.78, 5) is 2.16. The van der Waals surface area contributed by atoms with Gasteiger partial charge in [-0.05, 0) is 30.2 Å². The molecule has 0 spiro atoms. The number of nitrogen functional groups attached to an aromatic ring is 1. The molecule has 23 heavy (non-hydrogen) atoms. The van der Waals surface area contributed by atoms with Gasteiger partial charge in [0.25, 0.3) is 5.95 Å². The van der Waals surface area contributed by atoms with Crippen molar-refractivity contribution in [3.63, 3.8) is 0 Å². The van der Waals surface area contributed by atoms with Crippen LogP contribution in [0.25, 0.3) is 0 Å². The monoisotopic (exact) mass is 355 g/mol. The van der Waals surface area contributed by atoms with Gasteiger partial charge in [-0.3, -0.25) is 0 Å². The van der Waals surface area contributed by atoms with Crippen molar-refractivity contribution < 1.29 is 0 Å². The smallest absolute Gasteiger partial charge is 0.263 e. The standard InChI is InChI=1S/C14H19Cl2N7/c1-11-8-13(22(6-4-15)7-5-16)3-2-12(11)9-18-20-14-21-19-10-23(14)17/h2-3,8-10H,4-7,17H2,1H3,(H,20,21)/b18-9-. The van der Waals surface area contributed by atoms with Crippen molar-refractivity contribution in [2.45, 2.75) is 6.92 Å². The first kappa shape index (κ1) is 17.4. The van der Waals surface area contributed by atoms with Crippen LogP contribution in [0.1, 0.15) is 11.1 Å². The summed E-state index contributed by atoms with van der Waals surface area (Å²) in [5, 5.41) is 11.6.